The molecule has 3 rings (SSSR count). The van der Waals surface area contributed by atoms with Gasteiger partial charge in [0.2, 0.25) is 5.91 Å². The summed E-state index contributed by atoms with van der Waals surface area (Å²) in [4.78, 5) is 35.1. The van der Waals surface area contributed by atoms with Gasteiger partial charge in [-0.25, -0.2) is 4.79 Å². The number of hydrogen-bond acceptors (Lipinski definition) is 5. The van der Waals surface area contributed by atoms with Crippen LogP contribution in [0.2, 0.25) is 0 Å². The molecule has 7 nitrogen and oxygen atoms in total. The average Bonchev–Trinajstić information content (AvgIpc) is 2.68. The van der Waals surface area contributed by atoms with Crippen LogP contribution < -0.4 is 5.32 Å². The lowest BCUT2D eigenvalue weighted by Crippen LogP contribution is -2.34. The maximum Gasteiger partial charge on any atom is 0.336 e. The number of nitro benzene ring substituents is 1. The van der Waals surface area contributed by atoms with E-state index in [0.29, 0.717) is 23.3 Å². The Morgan fingerprint density at radius 3 is 2.50 bits per heavy atom. The smallest absolute Gasteiger partial charge is 0.336 e. The summed E-state index contributed by atoms with van der Waals surface area (Å²) in [6, 6.07) is 15.6. The topological polar surface area (TPSA) is 98.5 Å². The normalized spacial score (nSPS) is 16.5. The minimum absolute atomic E-state index is 0.0447. The van der Waals surface area contributed by atoms with E-state index in [4.69, 9.17) is 4.74 Å². The first kappa shape index (κ1) is 19.3. The average molecular weight is 380 g/mol. The molecular formula is C21H20N2O5. The van der Waals surface area contributed by atoms with Crippen molar-refractivity contribution in [3.05, 3.63) is 87.1 Å². The van der Waals surface area contributed by atoms with Crippen LogP contribution in [0, 0.1) is 10.1 Å². The van der Waals surface area contributed by atoms with Crippen LogP contribution in [0.1, 0.15) is 30.4 Å². The highest BCUT2D eigenvalue weighted by atomic mass is 16.6. The van der Waals surface area contributed by atoms with Crippen molar-refractivity contribution in [2.75, 3.05) is 6.61 Å². The number of carbonyl (C=O) groups is 2. The van der Waals surface area contributed by atoms with E-state index in [1.165, 1.54) is 12.1 Å². The van der Waals surface area contributed by atoms with Crippen LogP contribution in [0.5, 0.6) is 0 Å². The van der Waals surface area contributed by atoms with E-state index in [2.05, 4.69) is 5.32 Å². The quantitative estimate of drug-likeness (QED) is 0.471. The van der Waals surface area contributed by atoms with Gasteiger partial charge in [0.25, 0.3) is 5.69 Å². The van der Waals surface area contributed by atoms with Gasteiger partial charge in [-0.2, -0.15) is 0 Å². The van der Waals surface area contributed by atoms with E-state index >= 15 is 0 Å². The summed E-state index contributed by atoms with van der Waals surface area (Å²) in [5.41, 5.74) is 2.50. The van der Waals surface area contributed by atoms with Gasteiger partial charge in [0.15, 0.2) is 0 Å². The number of esters is 1. The van der Waals surface area contributed by atoms with Crippen molar-refractivity contribution in [1.82, 2.24) is 5.32 Å². The summed E-state index contributed by atoms with van der Waals surface area (Å²) >= 11 is 0. The molecule has 1 amide bonds. The van der Waals surface area contributed by atoms with Crippen LogP contribution in [0.3, 0.4) is 0 Å². The molecule has 0 fully saturated rings. The van der Waals surface area contributed by atoms with Crippen LogP contribution in [-0.2, 0) is 20.7 Å². The minimum Gasteiger partial charge on any atom is -0.462 e. The maximum atomic E-state index is 12.7. The number of hydrogen-bond donors (Lipinski definition) is 1. The summed E-state index contributed by atoms with van der Waals surface area (Å²) in [5, 5.41) is 13.5. The molecule has 2 aromatic carbocycles. The number of allylic oxidation sites excluding steroid dienone is 1. The second-order valence-electron chi connectivity index (χ2n) is 6.56. The summed E-state index contributed by atoms with van der Waals surface area (Å²) in [6.45, 7) is 1.88. The molecule has 0 saturated carbocycles. The zero-order valence-electron chi connectivity index (χ0n) is 15.4. The second-order valence-corrected chi connectivity index (χ2v) is 6.56. The van der Waals surface area contributed by atoms with E-state index in [0.717, 1.165) is 5.56 Å². The number of amides is 1. The zero-order valence-corrected chi connectivity index (χ0v) is 15.4. The van der Waals surface area contributed by atoms with E-state index in [-0.39, 0.29) is 24.6 Å². The SMILES string of the molecule is CC1=C(C(=O)OCCc2ccccc2)[C@H](c2ccc([N+](=O)[O-])cc2)CC(=O)N1. The van der Waals surface area contributed by atoms with Crippen molar-refractivity contribution >= 4 is 17.6 Å². The molecule has 144 valence electrons. The van der Waals surface area contributed by atoms with Gasteiger partial charge in [0.05, 0.1) is 17.1 Å². The first-order valence-electron chi connectivity index (χ1n) is 8.91. The largest absolute Gasteiger partial charge is 0.462 e. The van der Waals surface area contributed by atoms with Gasteiger partial charge in [-0.1, -0.05) is 42.5 Å². The molecule has 28 heavy (non-hydrogen) atoms. The summed E-state index contributed by atoms with van der Waals surface area (Å²) in [6.07, 6.45) is 0.672. The number of nitrogens with one attached hydrogen (secondary N) is 1. The van der Waals surface area contributed by atoms with Crippen molar-refractivity contribution in [1.29, 1.82) is 0 Å². The van der Waals surface area contributed by atoms with Crippen LogP contribution in [0.4, 0.5) is 5.69 Å². The Morgan fingerprint density at radius 1 is 1.18 bits per heavy atom. The number of ether oxygens (including phenoxy) is 1. The molecule has 1 aliphatic rings. The first-order valence-corrected chi connectivity index (χ1v) is 8.91. The van der Waals surface area contributed by atoms with Gasteiger partial charge in [0.1, 0.15) is 0 Å². The standard InChI is InChI=1S/C21H20N2O5/c1-14-20(21(25)28-12-11-15-5-3-2-4-6-15)18(13-19(24)22-14)16-7-9-17(10-8-16)23(26)27/h2-10,18H,11-13H2,1H3,(H,22,24)/t18-/m0/s1. The third-order valence-electron chi connectivity index (χ3n) is 4.66. The molecular weight excluding hydrogens is 360 g/mol. The second kappa shape index (κ2) is 8.47. The van der Waals surface area contributed by atoms with Crippen molar-refractivity contribution in [2.24, 2.45) is 0 Å². The van der Waals surface area contributed by atoms with Crippen molar-refractivity contribution < 1.29 is 19.2 Å². The summed E-state index contributed by atoms with van der Waals surface area (Å²) in [5.74, 6) is -1.20. The molecule has 0 saturated heterocycles. The molecule has 0 aromatic heterocycles. The Bertz CT molecular complexity index is 920. The lowest BCUT2D eigenvalue weighted by atomic mass is 9.84. The molecule has 0 spiro atoms. The van der Waals surface area contributed by atoms with Gasteiger partial charge >= 0.3 is 5.97 Å². The van der Waals surface area contributed by atoms with Crippen LogP contribution in [0.15, 0.2) is 65.9 Å². The van der Waals surface area contributed by atoms with Gasteiger partial charge in [-0.15, -0.1) is 0 Å². The van der Waals surface area contributed by atoms with E-state index < -0.39 is 16.8 Å². The van der Waals surface area contributed by atoms with E-state index in [1.807, 2.05) is 30.3 Å². The Labute approximate surface area is 162 Å². The fraction of sp³-hybridized carbons (Fsp3) is 0.238. The Balaban J connectivity index is 1.77. The van der Waals surface area contributed by atoms with Crippen LogP contribution in [-0.4, -0.2) is 23.4 Å². The van der Waals surface area contributed by atoms with Gasteiger partial charge in [-0.3, -0.25) is 14.9 Å². The molecule has 1 heterocycles. The minimum atomic E-state index is -0.501. The number of nitrogens with zero attached hydrogens (tertiary/aromatic N) is 1. The zero-order chi connectivity index (χ0) is 20.1. The highest BCUT2D eigenvalue weighted by Crippen LogP contribution is 2.34. The van der Waals surface area contributed by atoms with Crippen LogP contribution in [0.25, 0.3) is 0 Å². The van der Waals surface area contributed by atoms with Crippen molar-refractivity contribution in [2.45, 2.75) is 25.7 Å². The molecule has 0 aliphatic carbocycles. The monoisotopic (exact) mass is 380 g/mol. The Kier molecular flexibility index (Phi) is 5.84. The maximum absolute atomic E-state index is 12.7. The van der Waals surface area contributed by atoms with Crippen LogP contribution >= 0.6 is 0 Å². The first-order chi connectivity index (χ1) is 13.5. The summed E-state index contributed by atoms with van der Waals surface area (Å²) < 4.78 is 5.45. The third kappa shape index (κ3) is 4.43. The predicted octanol–water partition coefficient (Wildman–Crippen LogP) is 3.26. The van der Waals surface area contributed by atoms with Crippen molar-refractivity contribution in [3.8, 4) is 0 Å². The number of non-ortho nitro benzene ring substituents is 1. The molecule has 1 atom stereocenters. The lowest BCUT2D eigenvalue weighted by molar-refractivity contribution is -0.384. The highest BCUT2D eigenvalue weighted by Gasteiger charge is 2.32. The fourth-order valence-corrected chi connectivity index (χ4v) is 3.27. The van der Waals surface area contributed by atoms with E-state index in [1.54, 1.807) is 19.1 Å². The molecule has 0 unspecified atom stereocenters. The van der Waals surface area contributed by atoms with Gasteiger partial charge in [-0.05, 0) is 18.1 Å². The van der Waals surface area contributed by atoms with Gasteiger partial charge < -0.3 is 10.1 Å². The highest BCUT2D eigenvalue weighted by molar-refractivity contribution is 5.95. The third-order valence-corrected chi connectivity index (χ3v) is 4.66. The fourth-order valence-electron chi connectivity index (χ4n) is 3.27. The van der Waals surface area contributed by atoms with Gasteiger partial charge in [0, 0.05) is 36.6 Å². The van der Waals surface area contributed by atoms with Crippen molar-refractivity contribution in [3.63, 3.8) is 0 Å². The molecule has 0 bridgehead atoms. The molecule has 1 aliphatic heterocycles. The number of benzene rings is 2. The lowest BCUT2D eigenvalue weighted by Gasteiger charge is -2.26. The molecule has 7 heteroatoms. The summed E-state index contributed by atoms with van der Waals surface area (Å²) in [7, 11) is 0. The number of rotatable bonds is 6. The number of carbonyl (C=O) groups excluding carboxylic acids is 2. The molecule has 1 N–H and O–H groups in total. The Hall–Kier alpha value is -3.48. The number of nitro groups is 1. The van der Waals surface area contributed by atoms with E-state index in [9.17, 15) is 19.7 Å². The molecule has 2 aromatic rings. The Morgan fingerprint density at radius 2 is 1.86 bits per heavy atom. The predicted molar refractivity (Wildman–Crippen MR) is 102 cm³/mol. The molecule has 0 radical (unpaired) electrons.